The molecule has 2 atom stereocenters. The molecule has 0 fully saturated rings. The first-order chi connectivity index (χ1) is 14.3. The summed E-state index contributed by atoms with van der Waals surface area (Å²) in [4.78, 5) is 10.5. The summed E-state index contributed by atoms with van der Waals surface area (Å²) in [6.45, 7) is 2.22. The maximum atomic E-state index is 12.7. The fourth-order valence-corrected chi connectivity index (χ4v) is 5.49. The van der Waals surface area contributed by atoms with Crippen molar-refractivity contribution in [3.8, 4) is 0 Å². The van der Waals surface area contributed by atoms with E-state index in [4.69, 9.17) is 17.3 Å². The van der Waals surface area contributed by atoms with Gasteiger partial charge in [0.25, 0.3) is 0 Å². The molecule has 8 heteroatoms. The van der Waals surface area contributed by atoms with E-state index < -0.39 is 20.1 Å². The number of para-hydroxylation sites is 1. The topological polar surface area (TPSA) is 103 Å². The highest BCUT2D eigenvalue weighted by Crippen LogP contribution is 2.27. The lowest BCUT2D eigenvalue weighted by Gasteiger charge is -2.14. The first-order valence-electron chi connectivity index (χ1n) is 11.2. The molecule has 172 valence electrons. The van der Waals surface area contributed by atoms with Crippen LogP contribution in [0.2, 0.25) is 0 Å². The van der Waals surface area contributed by atoms with Crippen LogP contribution in [0.25, 0.3) is 0 Å². The lowest BCUT2D eigenvalue weighted by Crippen LogP contribution is -2.31. The molecule has 1 aromatic rings. The molecule has 0 spiro atoms. The highest BCUT2D eigenvalue weighted by Gasteiger charge is 2.38. The molecule has 0 radical (unpaired) electrons. The van der Waals surface area contributed by atoms with Gasteiger partial charge in [0.05, 0.1) is 10.6 Å². The van der Waals surface area contributed by atoms with E-state index in [9.17, 15) is 18.5 Å². The lowest BCUT2D eigenvalue weighted by molar-refractivity contribution is -0.498. The van der Waals surface area contributed by atoms with Gasteiger partial charge in [-0.1, -0.05) is 83.3 Å². The van der Waals surface area contributed by atoms with Crippen molar-refractivity contribution < 1.29 is 13.3 Å². The van der Waals surface area contributed by atoms with Gasteiger partial charge in [0.1, 0.15) is 0 Å². The second-order valence-electron chi connectivity index (χ2n) is 7.97. The monoisotopic (exact) mass is 460 g/mol. The average Bonchev–Trinajstić information content (AvgIpc) is 2.69. The predicted octanol–water partition coefficient (Wildman–Crippen LogP) is 6.34. The molecular weight excluding hydrogens is 424 g/mol. The number of unbranched alkanes of at least 4 members (excludes halogenated alkanes) is 9. The number of halogens is 1. The van der Waals surface area contributed by atoms with Gasteiger partial charge < -0.3 is 5.73 Å². The maximum absolute atomic E-state index is 12.7. The van der Waals surface area contributed by atoms with Crippen molar-refractivity contribution in [1.29, 1.82) is 0 Å². The van der Waals surface area contributed by atoms with Gasteiger partial charge in [-0.2, -0.15) is 0 Å². The number of anilines is 1. The molecule has 0 aliphatic carbocycles. The summed E-state index contributed by atoms with van der Waals surface area (Å²) in [5.41, 5.74) is 5.74. The van der Waals surface area contributed by atoms with Crippen LogP contribution in [0, 0.1) is 10.1 Å². The van der Waals surface area contributed by atoms with Crippen LogP contribution in [-0.2, 0) is 9.84 Å². The minimum Gasteiger partial charge on any atom is -0.398 e. The van der Waals surface area contributed by atoms with E-state index >= 15 is 0 Å². The van der Waals surface area contributed by atoms with Gasteiger partial charge in [0.15, 0.2) is 0 Å². The van der Waals surface area contributed by atoms with Crippen molar-refractivity contribution in [3.63, 3.8) is 0 Å². The molecule has 0 heterocycles. The third-order valence-corrected chi connectivity index (χ3v) is 7.96. The third kappa shape index (κ3) is 9.65. The summed E-state index contributed by atoms with van der Waals surface area (Å²) >= 11 is 6.33. The van der Waals surface area contributed by atoms with Crippen LogP contribution in [0.1, 0.15) is 90.4 Å². The van der Waals surface area contributed by atoms with Gasteiger partial charge in [-0.25, -0.2) is 8.42 Å². The van der Waals surface area contributed by atoms with Crippen molar-refractivity contribution >= 4 is 27.1 Å². The molecule has 0 aliphatic rings. The highest BCUT2D eigenvalue weighted by atomic mass is 35.5. The van der Waals surface area contributed by atoms with Gasteiger partial charge in [0, 0.05) is 16.7 Å². The van der Waals surface area contributed by atoms with Crippen LogP contribution in [0.5, 0.6) is 0 Å². The standard InChI is InChI=1S/C22H37ClN2O4S/c1-2-3-4-5-6-7-8-9-10-11-14-19(23)17-18-22(25(26)27)30(28,29)21-16-13-12-15-20(21)24/h12-13,15-16,19,22H,2-11,14,17-18,24H2,1H3. The second-order valence-corrected chi connectivity index (χ2v) is 10.7. The number of sulfone groups is 1. The molecule has 0 saturated heterocycles. The Kier molecular flexibility index (Phi) is 13.0. The Labute approximate surface area is 186 Å². The van der Waals surface area contributed by atoms with Crippen molar-refractivity contribution in [1.82, 2.24) is 0 Å². The average molecular weight is 461 g/mol. The van der Waals surface area contributed by atoms with Crippen LogP contribution >= 0.6 is 11.6 Å². The summed E-state index contributed by atoms with van der Waals surface area (Å²) in [5.74, 6) is 0. The first kappa shape index (κ1) is 26.7. The minimum absolute atomic E-state index is 0.0251. The fourth-order valence-electron chi connectivity index (χ4n) is 3.58. The minimum atomic E-state index is -4.15. The van der Waals surface area contributed by atoms with E-state index in [2.05, 4.69) is 6.92 Å². The van der Waals surface area contributed by atoms with Crippen molar-refractivity contribution in [2.24, 2.45) is 0 Å². The van der Waals surface area contributed by atoms with Gasteiger partial charge >= 0.3 is 5.37 Å². The van der Waals surface area contributed by atoms with Crippen LogP contribution in [0.4, 0.5) is 5.69 Å². The Balaban J connectivity index is 2.33. The van der Waals surface area contributed by atoms with E-state index in [1.54, 1.807) is 6.07 Å². The summed E-state index contributed by atoms with van der Waals surface area (Å²) in [6, 6.07) is 5.84. The zero-order valence-corrected chi connectivity index (χ0v) is 19.7. The van der Waals surface area contributed by atoms with E-state index in [0.29, 0.717) is 0 Å². The Hall–Kier alpha value is -1.34. The van der Waals surface area contributed by atoms with E-state index in [1.165, 1.54) is 69.6 Å². The molecular formula is C22H37ClN2O4S. The summed E-state index contributed by atoms with van der Waals surface area (Å²) in [5, 5.41) is 9.44. The van der Waals surface area contributed by atoms with Gasteiger partial charge in [-0.15, -0.1) is 11.6 Å². The molecule has 6 nitrogen and oxygen atoms in total. The smallest absolute Gasteiger partial charge is 0.314 e. The molecule has 30 heavy (non-hydrogen) atoms. The zero-order valence-electron chi connectivity index (χ0n) is 18.1. The van der Waals surface area contributed by atoms with Crippen LogP contribution < -0.4 is 5.73 Å². The number of hydrogen-bond donors (Lipinski definition) is 1. The Morgan fingerprint density at radius 1 is 0.933 bits per heavy atom. The van der Waals surface area contributed by atoms with Crippen LogP contribution in [-0.4, -0.2) is 24.1 Å². The second kappa shape index (κ2) is 14.6. The number of nitrogens with two attached hydrogens (primary N) is 1. The Morgan fingerprint density at radius 3 is 2.00 bits per heavy atom. The zero-order chi connectivity index (χ0) is 22.4. The van der Waals surface area contributed by atoms with Crippen molar-refractivity contribution in [3.05, 3.63) is 34.4 Å². The van der Waals surface area contributed by atoms with E-state index in [-0.39, 0.29) is 28.8 Å². The summed E-state index contributed by atoms with van der Waals surface area (Å²) in [7, 11) is -4.15. The van der Waals surface area contributed by atoms with Gasteiger partial charge in [-0.05, 0) is 25.0 Å². The molecule has 0 amide bonds. The molecule has 0 aromatic heterocycles. The van der Waals surface area contributed by atoms with Crippen LogP contribution in [0.3, 0.4) is 0 Å². The van der Waals surface area contributed by atoms with Crippen LogP contribution in [0.15, 0.2) is 29.2 Å². The van der Waals surface area contributed by atoms with Gasteiger partial charge in [-0.3, -0.25) is 10.1 Å². The van der Waals surface area contributed by atoms with Gasteiger partial charge in [0.2, 0.25) is 9.84 Å². The third-order valence-electron chi connectivity index (χ3n) is 5.42. The molecule has 1 rings (SSSR count). The Morgan fingerprint density at radius 2 is 1.47 bits per heavy atom. The van der Waals surface area contributed by atoms with Crippen molar-refractivity contribution in [2.45, 2.75) is 106 Å². The molecule has 2 unspecified atom stereocenters. The maximum Gasteiger partial charge on any atom is 0.314 e. The molecule has 0 bridgehead atoms. The fraction of sp³-hybridized carbons (Fsp3) is 0.727. The number of nitrogens with zero attached hydrogens (tertiary/aromatic N) is 1. The lowest BCUT2D eigenvalue weighted by atomic mass is 10.0. The number of benzene rings is 1. The molecule has 2 N–H and O–H groups in total. The molecule has 0 saturated carbocycles. The largest absolute Gasteiger partial charge is 0.398 e. The van der Waals surface area contributed by atoms with E-state index in [1.807, 2.05) is 0 Å². The summed E-state index contributed by atoms with van der Waals surface area (Å²) < 4.78 is 25.4. The number of alkyl halides is 1. The quantitative estimate of drug-likeness (QED) is 0.0959. The highest BCUT2D eigenvalue weighted by molar-refractivity contribution is 7.92. The van der Waals surface area contributed by atoms with E-state index in [0.717, 1.165) is 19.3 Å². The predicted molar refractivity (Wildman–Crippen MR) is 124 cm³/mol. The number of rotatable bonds is 17. The number of nitrogen functional groups attached to an aromatic ring is 1. The molecule has 0 aliphatic heterocycles. The SMILES string of the molecule is CCCCCCCCCCCCC(Cl)CCC([N+](=O)[O-])S(=O)(=O)c1ccccc1N. The number of hydrogen-bond acceptors (Lipinski definition) is 5. The molecule has 1 aromatic carbocycles. The number of nitro groups is 1. The Bertz CT molecular complexity index is 728. The van der Waals surface area contributed by atoms with Crippen molar-refractivity contribution in [2.75, 3.05) is 5.73 Å². The normalized spacial score (nSPS) is 13.8. The summed E-state index contributed by atoms with van der Waals surface area (Å²) in [6.07, 6.45) is 13.2. The first-order valence-corrected chi connectivity index (χ1v) is 13.1.